The van der Waals surface area contributed by atoms with E-state index in [0.29, 0.717) is 21.3 Å². The van der Waals surface area contributed by atoms with Crippen molar-refractivity contribution in [2.45, 2.75) is 12.3 Å². The highest BCUT2D eigenvalue weighted by molar-refractivity contribution is 6.34. The number of primary amides is 1. The maximum atomic E-state index is 12.4. The zero-order valence-electron chi connectivity index (χ0n) is 12.1. The Labute approximate surface area is 143 Å². The van der Waals surface area contributed by atoms with Crippen LogP contribution in [0.2, 0.25) is 10.0 Å². The molecule has 1 saturated carbocycles. The van der Waals surface area contributed by atoms with Gasteiger partial charge < -0.3 is 11.1 Å². The van der Waals surface area contributed by atoms with Crippen LogP contribution < -0.4 is 11.1 Å². The molecule has 0 bridgehead atoms. The molecule has 118 valence electrons. The van der Waals surface area contributed by atoms with E-state index in [4.69, 9.17) is 28.9 Å². The molecular weight excluding hydrogens is 335 g/mol. The molecule has 0 unspecified atom stereocenters. The maximum Gasteiger partial charge on any atom is 0.248 e. The van der Waals surface area contributed by atoms with E-state index in [2.05, 4.69) is 5.32 Å². The molecule has 23 heavy (non-hydrogen) atoms. The van der Waals surface area contributed by atoms with Gasteiger partial charge in [0.2, 0.25) is 11.8 Å². The molecule has 1 aliphatic carbocycles. The average molecular weight is 349 g/mol. The van der Waals surface area contributed by atoms with E-state index >= 15 is 0 Å². The Bertz CT molecular complexity index is 792. The largest absolute Gasteiger partial charge is 0.366 e. The lowest BCUT2D eigenvalue weighted by Crippen LogP contribution is -2.16. The van der Waals surface area contributed by atoms with Crippen LogP contribution in [0, 0.1) is 5.92 Å². The third-order valence-corrected chi connectivity index (χ3v) is 4.61. The fourth-order valence-electron chi connectivity index (χ4n) is 2.60. The summed E-state index contributed by atoms with van der Waals surface area (Å²) in [7, 11) is 0. The number of hydrogen-bond donors (Lipinski definition) is 2. The van der Waals surface area contributed by atoms with Gasteiger partial charge in [-0.15, -0.1) is 0 Å². The van der Waals surface area contributed by atoms with Crippen LogP contribution in [-0.4, -0.2) is 11.8 Å². The SMILES string of the molecule is NC(=O)c1ccc(Cl)c(NC(=O)[C@@H]2C[C@H]2c2ccccc2Cl)c1. The van der Waals surface area contributed by atoms with Gasteiger partial charge in [0.05, 0.1) is 10.7 Å². The number of nitrogens with one attached hydrogen (secondary N) is 1. The van der Waals surface area contributed by atoms with Gasteiger partial charge in [-0.3, -0.25) is 9.59 Å². The molecule has 0 radical (unpaired) electrons. The summed E-state index contributed by atoms with van der Waals surface area (Å²) in [5.41, 5.74) is 6.90. The lowest BCUT2D eigenvalue weighted by atomic mass is 10.1. The normalized spacial score (nSPS) is 19.2. The van der Waals surface area contributed by atoms with Crippen molar-refractivity contribution in [3.05, 3.63) is 63.6 Å². The van der Waals surface area contributed by atoms with Gasteiger partial charge in [0.25, 0.3) is 0 Å². The lowest BCUT2D eigenvalue weighted by Gasteiger charge is -2.09. The van der Waals surface area contributed by atoms with E-state index in [-0.39, 0.29) is 17.7 Å². The lowest BCUT2D eigenvalue weighted by molar-refractivity contribution is -0.117. The third-order valence-electron chi connectivity index (χ3n) is 3.94. The van der Waals surface area contributed by atoms with Crippen molar-refractivity contribution < 1.29 is 9.59 Å². The first kappa shape index (κ1) is 15.8. The number of anilines is 1. The van der Waals surface area contributed by atoms with Crippen LogP contribution >= 0.6 is 23.2 Å². The minimum absolute atomic E-state index is 0.113. The van der Waals surface area contributed by atoms with E-state index in [1.54, 1.807) is 0 Å². The monoisotopic (exact) mass is 348 g/mol. The van der Waals surface area contributed by atoms with Crippen LogP contribution in [-0.2, 0) is 4.79 Å². The highest BCUT2D eigenvalue weighted by atomic mass is 35.5. The average Bonchev–Trinajstić information content (AvgIpc) is 3.30. The van der Waals surface area contributed by atoms with Gasteiger partial charge in [-0.1, -0.05) is 41.4 Å². The summed E-state index contributed by atoms with van der Waals surface area (Å²) in [6, 6.07) is 12.0. The molecule has 0 aliphatic heterocycles. The number of halogens is 2. The summed E-state index contributed by atoms with van der Waals surface area (Å²) >= 11 is 12.2. The molecule has 6 heteroatoms. The molecule has 1 fully saturated rings. The summed E-state index contributed by atoms with van der Waals surface area (Å²) in [4.78, 5) is 23.6. The van der Waals surface area contributed by atoms with Crippen LogP contribution in [0.4, 0.5) is 5.69 Å². The Morgan fingerprint density at radius 3 is 2.52 bits per heavy atom. The first-order chi connectivity index (χ1) is 11.0. The highest BCUT2D eigenvalue weighted by Gasteiger charge is 2.44. The topological polar surface area (TPSA) is 72.2 Å². The number of amides is 2. The molecule has 2 amide bonds. The second-order valence-corrected chi connectivity index (χ2v) is 6.33. The summed E-state index contributed by atoms with van der Waals surface area (Å²) in [6.07, 6.45) is 0.739. The van der Waals surface area contributed by atoms with Crippen molar-refractivity contribution in [3.63, 3.8) is 0 Å². The first-order valence-corrected chi connectivity index (χ1v) is 7.87. The quantitative estimate of drug-likeness (QED) is 0.880. The predicted molar refractivity (Wildman–Crippen MR) is 90.9 cm³/mol. The Morgan fingerprint density at radius 2 is 1.83 bits per heavy atom. The van der Waals surface area contributed by atoms with E-state index in [1.165, 1.54) is 18.2 Å². The number of carbonyl (C=O) groups is 2. The molecule has 0 heterocycles. The third kappa shape index (κ3) is 3.33. The van der Waals surface area contributed by atoms with E-state index in [0.717, 1.165) is 12.0 Å². The van der Waals surface area contributed by atoms with Crippen molar-refractivity contribution in [2.75, 3.05) is 5.32 Å². The van der Waals surface area contributed by atoms with Gasteiger partial charge >= 0.3 is 0 Å². The van der Waals surface area contributed by atoms with Crippen molar-refractivity contribution in [1.82, 2.24) is 0 Å². The van der Waals surface area contributed by atoms with E-state index in [9.17, 15) is 9.59 Å². The molecular formula is C17H14Cl2N2O2. The standard InChI is InChI=1S/C17H14Cl2N2O2/c18-13-4-2-1-3-10(13)11-8-12(11)17(23)21-15-7-9(16(20)22)5-6-14(15)19/h1-7,11-12H,8H2,(H2,20,22)(H,21,23)/t11-,12+/m0/s1. The van der Waals surface area contributed by atoms with Gasteiger partial charge in [0, 0.05) is 16.5 Å². The van der Waals surface area contributed by atoms with Crippen LogP contribution in [0.15, 0.2) is 42.5 Å². The van der Waals surface area contributed by atoms with Crippen LogP contribution in [0.1, 0.15) is 28.3 Å². The second kappa shape index (κ2) is 6.22. The van der Waals surface area contributed by atoms with Gasteiger partial charge in [0.1, 0.15) is 0 Å². The Hall–Kier alpha value is -2.04. The molecule has 0 spiro atoms. The summed E-state index contributed by atoms with van der Waals surface area (Å²) in [6.45, 7) is 0. The predicted octanol–water partition coefficient (Wildman–Crippen LogP) is 3.83. The first-order valence-electron chi connectivity index (χ1n) is 7.12. The highest BCUT2D eigenvalue weighted by Crippen LogP contribution is 2.50. The molecule has 4 nitrogen and oxygen atoms in total. The number of benzene rings is 2. The molecule has 2 aromatic carbocycles. The molecule has 3 rings (SSSR count). The van der Waals surface area contributed by atoms with Gasteiger partial charge in [0.15, 0.2) is 0 Å². The molecule has 2 aromatic rings. The minimum atomic E-state index is -0.572. The molecule has 2 atom stereocenters. The zero-order valence-corrected chi connectivity index (χ0v) is 13.6. The van der Waals surface area contributed by atoms with E-state index < -0.39 is 5.91 Å². The van der Waals surface area contributed by atoms with Gasteiger partial charge in [-0.05, 0) is 42.2 Å². The second-order valence-electron chi connectivity index (χ2n) is 5.52. The van der Waals surface area contributed by atoms with Crippen LogP contribution in [0.3, 0.4) is 0 Å². The Kier molecular flexibility index (Phi) is 4.28. The number of hydrogen-bond acceptors (Lipinski definition) is 2. The number of carbonyl (C=O) groups excluding carboxylic acids is 2. The van der Waals surface area contributed by atoms with Crippen molar-refractivity contribution in [2.24, 2.45) is 11.7 Å². The van der Waals surface area contributed by atoms with Crippen molar-refractivity contribution in [3.8, 4) is 0 Å². The maximum absolute atomic E-state index is 12.4. The number of nitrogens with two attached hydrogens (primary N) is 1. The zero-order chi connectivity index (χ0) is 16.6. The summed E-state index contributed by atoms with van der Waals surface area (Å²) < 4.78 is 0. The molecule has 3 N–H and O–H groups in total. The minimum Gasteiger partial charge on any atom is -0.366 e. The Morgan fingerprint density at radius 1 is 1.09 bits per heavy atom. The van der Waals surface area contributed by atoms with Gasteiger partial charge in [-0.25, -0.2) is 0 Å². The fraction of sp³-hybridized carbons (Fsp3) is 0.176. The molecule has 0 saturated heterocycles. The molecule has 1 aliphatic rings. The van der Waals surface area contributed by atoms with Crippen molar-refractivity contribution in [1.29, 1.82) is 0 Å². The van der Waals surface area contributed by atoms with Gasteiger partial charge in [-0.2, -0.15) is 0 Å². The smallest absolute Gasteiger partial charge is 0.248 e. The van der Waals surface area contributed by atoms with Crippen LogP contribution in [0.5, 0.6) is 0 Å². The van der Waals surface area contributed by atoms with E-state index in [1.807, 2.05) is 24.3 Å². The molecule has 0 aromatic heterocycles. The van der Waals surface area contributed by atoms with Crippen LogP contribution in [0.25, 0.3) is 0 Å². The number of rotatable bonds is 4. The fourth-order valence-corrected chi connectivity index (χ4v) is 3.04. The van der Waals surface area contributed by atoms with Crippen molar-refractivity contribution >= 4 is 40.7 Å². The summed E-state index contributed by atoms with van der Waals surface area (Å²) in [5.74, 6) is -0.749. The summed E-state index contributed by atoms with van der Waals surface area (Å²) in [5, 5.41) is 3.79. The Balaban J connectivity index is 1.73.